The number of hydrogen-bond acceptors (Lipinski definition) is 10. The Labute approximate surface area is 295 Å². The zero-order valence-electron chi connectivity index (χ0n) is 29.0. The highest BCUT2D eigenvalue weighted by molar-refractivity contribution is 6.06. The number of urea groups is 1. The molecule has 1 saturated heterocycles. The standard InChI is InChI=1S/C37H40N10O4/c1-6-34(48)40-28-19-29(42-36-39-15-12-27(41-36)26-23-46(4)30-10-8-7-9-25(26)30)33(51-5)20-31(28)45(3)18-17-44(2)22-24-11-14-38-21-32(24)47-16-13-35(49)43-37(47)50/h6-12,14-15,19-21,23H,1,13,16-18,22H2,2-5H3,(H,40,48)(H,39,41,42)(H,43,49,50). The summed E-state index contributed by atoms with van der Waals surface area (Å²) in [5.74, 6) is 0.249. The first kappa shape index (κ1) is 34.6. The molecule has 0 aliphatic carbocycles. The van der Waals surface area contributed by atoms with Crippen molar-refractivity contribution in [2.75, 3.05) is 61.3 Å². The third kappa shape index (κ3) is 7.65. The Hall–Kier alpha value is -6.28. The van der Waals surface area contributed by atoms with Gasteiger partial charge in [0.2, 0.25) is 17.8 Å². The first-order valence-corrected chi connectivity index (χ1v) is 16.4. The fourth-order valence-electron chi connectivity index (χ4n) is 6.07. The number of hydrogen-bond donors (Lipinski definition) is 3. The minimum absolute atomic E-state index is 0.230. The predicted octanol–water partition coefficient (Wildman–Crippen LogP) is 4.92. The summed E-state index contributed by atoms with van der Waals surface area (Å²) >= 11 is 0. The van der Waals surface area contributed by atoms with Crippen LogP contribution < -0.4 is 30.5 Å². The Morgan fingerprint density at radius 1 is 1.10 bits per heavy atom. The smallest absolute Gasteiger partial charge is 0.328 e. The second-order valence-electron chi connectivity index (χ2n) is 12.2. The van der Waals surface area contributed by atoms with Crippen LogP contribution in [0.1, 0.15) is 12.0 Å². The van der Waals surface area contributed by atoms with E-state index in [-0.39, 0.29) is 18.2 Å². The van der Waals surface area contributed by atoms with Gasteiger partial charge >= 0.3 is 6.03 Å². The van der Waals surface area contributed by atoms with Gasteiger partial charge in [0.25, 0.3) is 0 Å². The molecule has 1 fully saturated rings. The number of likely N-dealkylation sites (N-methyl/N-ethyl adjacent to an activating group) is 2. The van der Waals surface area contributed by atoms with E-state index >= 15 is 0 Å². The fourth-order valence-corrected chi connectivity index (χ4v) is 6.07. The molecule has 3 N–H and O–H groups in total. The maximum absolute atomic E-state index is 12.6. The average Bonchev–Trinajstić information content (AvgIpc) is 3.47. The lowest BCUT2D eigenvalue weighted by atomic mass is 10.1. The summed E-state index contributed by atoms with van der Waals surface area (Å²) < 4.78 is 7.88. The van der Waals surface area contributed by atoms with Gasteiger partial charge in [-0.05, 0) is 43.0 Å². The monoisotopic (exact) mass is 688 g/mol. The molecule has 4 amide bonds. The lowest BCUT2D eigenvalue weighted by molar-refractivity contribution is -0.120. The van der Waals surface area contributed by atoms with Crippen LogP contribution >= 0.6 is 0 Å². The van der Waals surface area contributed by atoms with Crippen LogP contribution in [0.15, 0.2) is 86.0 Å². The van der Waals surface area contributed by atoms with Gasteiger partial charge in [0.05, 0.1) is 41.8 Å². The molecule has 0 bridgehead atoms. The second kappa shape index (κ2) is 15.1. The van der Waals surface area contributed by atoms with E-state index in [9.17, 15) is 14.4 Å². The topological polar surface area (TPSA) is 150 Å². The number of methoxy groups -OCH3 is 1. The van der Waals surface area contributed by atoms with Gasteiger partial charge in [-0.25, -0.2) is 14.8 Å². The number of carbonyl (C=O) groups excluding carboxylic acids is 3. The van der Waals surface area contributed by atoms with Gasteiger partial charge in [-0.1, -0.05) is 24.8 Å². The Bertz CT molecular complexity index is 2110. The molecule has 14 nitrogen and oxygen atoms in total. The summed E-state index contributed by atoms with van der Waals surface area (Å²) in [6, 6.07) is 15.1. The van der Waals surface area contributed by atoms with Crippen LogP contribution in [0.4, 0.5) is 33.5 Å². The maximum Gasteiger partial charge on any atom is 0.328 e. The number of anilines is 5. The van der Waals surface area contributed by atoms with Crippen molar-refractivity contribution in [2.45, 2.75) is 13.0 Å². The molecule has 1 aliphatic heterocycles. The van der Waals surface area contributed by atoms with Gasteiger partial charge in [0.1, 0.15) is 5.75 Å². The van der Waals surface area contributed by atoms with E-state index in [1.54, 1.807) is 36.7 Å². The highest BCUT2D eigenvalue weighted by atomic mass is 16.5. The Morgan fingerprint density at radius 2 is 1.92 bits per heavy atom. The largest absolute Gasteiger partial charge is 0.494 e. The van der Waals surface area contributed by atoms with Crippen molar-refractivity contribution in [3.8, 4) is 17.0 Å². The van der Waals surface area contributed by atoms with Gasteiger partial charge in [-0.2, -0.15) is 0 Å². The number of aryl methyl sites for hydroxylation is 1. The summed E-state index contributed by atoms with van der Waals surface area (Å²) in [5, 5.41) is 9.68. The van der Waals surface area contributed by atoms with E-state index in [0.717, 1.165) is 33.4 Å². The SMILES string of the molecule is C=CC(=O)Nc1cc(Nc2nccc(-c3cn(C)c4ccccc34)n2)c(OC)cc1N(C)CCN(C)Cc1ccncc1N1CCC(=O)NC1=O. The molecule has 262 valence electrons. The quantitative estimate of drug-likeness (QED) is 0.146. The van der Waals surface area contributed by atoms with Crippen LogP contribution in [-0.2, 0) is 23.2 Å². The van der Waals surface area contributed by atoms with Gasteiger partial charge in [-0.3, -0.25) is 24.8 Å². The molecule has 0 saturated carbocycles. The van der Waals surface area contributed by atoms with Gasteiger partial charge < -0.3 is 29.7 Å². The number of para-hydroxylation sites is 1. The van der Waals surface area contributed by atoms with Crippen molar-refractivity contribution in [2.24, 2.45) is 7.05 Å². The zero-order chi connectivity index (χ0) is 36.1. The van der Waals surface area contributed by atoms with Crippen molar-refractivity contribution in [3.63, 3.8) is 0 Å². The van der Waals surface area contributed by atoms with Gasteiger partial charge in [0, 0.05) is 87.8 Å². The summed E-state index contributed by atoms with van der Waals surface area (Å²) in [5.41, 5.74) is 6.25. The molecule has 5 aromatic rings. The lowest BCUT2D eigenvalue weighted by Gasteiger charge is -2.30. The molecular weight excluding hydrogens is 648 g/mol. The molecule has 0 atom stereocenters. The third-order valence-electron chi connectivity index (χ3n) is 8.74. The Balaban J connectivity index is 1.20. The number of nitrogens with zero attached hydrogens (tertiary/aromatic N) is 7. The number of aromatic nitrogens is 4. The van der Waals surface area contributed by atoms with E-state index in [2.05, 4.69) is 60.3 Å². The summed E-state index contributed by atoms with van der Waals surface area (Å²) in [7, 11) is 7.51. The average molecular weight is 689 g/mol. The van der Waals surface area contributed by atoms with E-state index < -0.39 is 6.03 Å². The molecular formula is C37H40N10O4. The van der Waals surface area contributed by atoms with E-state index in [0.29, 0.717) is 54.9 Å². The number of benzene rings is 2. The number of amides is 4. The number of imide groups is 1. The van der Waals surface area contributed by atoms with Crippen LogP contribution in [0.3, 0.4) is 0 Å². The van der Waals surface area contributed by atoms with E-state index in [1.165, 1.54) is 6.08 Å². The molecule has 0 radical (unpaired) electrons. The molecule has 0 spiro atoms. The Kier molecular flexibility index (Phi) is 10.2. The van der Waals surface area contributed by atoms with Crippen molar-refractivity contribution >= 4 is 57.4 Å². The van der Waals surface area contributed by atoms with Crippen molar-refractivity contribution < 1.29 is 19.1 Å². The summed E-state index contributed by atoms with van der Waals surface area (Å²) in [6.07, 6.45) is 8.53. The number of pyridine rings is 1. The number of fused-ring (bicyclic) bond motifs is 1. The maximum atomic E-state index is 12.6. The van der Waals surface area contributed by atoms with Crippen molar-refractivity contribution in [1.82, 2.24) is 29.7 Å². The molecule has 3 aromatic heterocycles. The van der Waals surface area contributed by atoms with Gasteiger partial charge in [-0.15, -0.1) is 0 Å². The summed E-state index contributed by atoms with van der Waals surface area (Å²) in [6.45, 7) is 5.67. The Morgan fingerprint density at radius 3 is 2.71 bits per heavy atom. The van der Waals surface area contributed by atoms with Crippen LogP contribution in [0.2, 0.25) is 0 Å². The van der Waals surface area contributed by atoms with Crippen LogP contribution in [0.25, 0.3) is 22.2 Å². The highest BCUT2D eigenvalue weighted by Gasteiger charge is 2.26. The highest BCUT2D eigenvalue weighted by Crippen LogP contribution is 2.38. The molecule has 2 aromatic carbocycles. The fraction of sp³-hybridized carbons (Fsp3) is 0.243. The van der Waals surface area contributed by atoms with Crippen molar-refractivity contribution in [3.05, 3.63) is 91.5 Å². The van der Waals surface area contributed by atoms with Crippen LogP contribution in [0.5, 0.6) is 5.75 Å². The number of ether oxygens (including phenoxy) is 1. The zero-order valence-corrected chi connectivity index (χ0v) is 29.0. The lowest BCUT2D eigenvalue weighted by Crippen LogP contribution is -2.50. The first-order chi connectivity index (χ1) is 24.6. The van der Waals surface area contributed by atoms with Crippen molar-refractivity contribution in [1.29, 1.82) is 0 Å². The minimum Gasteiger partial charge on any atom is -0.494 e. The minimum atomic E-state index is -0.451. The van der Waals surface area contributed by atoms with Gasteiger partial charge in [0.15, 0.2) is 0 Å². The molecule has 14 heteroatoms. The predicted molar refractivity (Wildman–Crippen MR) is 198 cm³/mol. The van der Waals surface area contributed by atoms with E-state index in [4.69, 9.17) is 9.72 Å². The third-order valence-corrected chi connectivity index (χ3v) is 8.74. The normalized spacial score (nSPS) is 12.9. The molecule has 1 aliphatic rings. The van der Waals surface area contributed by atoms with E-state index in [1.807, 2.05) is 56.4 Å². The first-order valence-electron chi connectivity index (χ1n) is 16.4. The number of rotatable bonds is 13. The van der Waals surface area contributed by atoms with Crippen LogP contribution in [0, 0.1) is 0 Å². The number of nitrogens with one attached hydrogen (secondary N) is 3. The van der Waals surface area contributed by atoms with Crippen LogP contribution in [-0.4, -0.2) is 83.1 Å². The second-order valence-corrected chi connectivity index (χ2v) is 12.2. The summed E-state index contributed by atoms with van der Waals surface area (Å²) in [4.78, 5) is 56.0. The number of carbonyl (C=O) groups is 3. The molecule has 4 heterocycles. The molecule has 51 heavy (non-hydrogen) atoms. The molecule has 6 rings (SSSR count). The molecule has 0 unspecified atom stereocenters.